The second kappa shape index (κ2) is 12.0. The molecule has 0 saturated carbocycles. The second-order valence-electron chi connectivity index (χ2n) is 8.26. The van der Waals surface area contributed by atoms with E-state index in [0.29, 0.717) is 12.2 Å². The molecule has 0 spiro atoms. The molecule has 3 aromatic rings. The zero-order chi connectivity index (χ0) is 27.2. The van der Waals surface area contributed by atoms with Crippen LogP contribution in [0.1, 0.15) is 30.5 Å². The van der Waals surface area contributed by atoms with Crippen LogP contribution in [0.5, 0.6) is 17.2 Å². The van der Waals surface area contributed by atoms with Crippen molar-refractivity contribution < 1.29 is 31.8 Å². The monoisotopic (exact) mass is 530 g/mol. The minimum atomic E-state index is -4.24. The third kappa shape index (κ3) is 6.32. The van der Waals surface area contributed by atoms with Gasteiger partial charge in [-0.1, -0.05) is 19.1 Å². The molecule has 3 aromatic carbocycles. The molecular formula is C27H31FN2O6S. The van der Waals surface area contributed by atoms with Gasteiger partial charge in [0.05, 0.1) is 38.0 Å². The summed E-state index contributed by atoms with van der Waals surface area (Å²) in [6, 6.07) is 14.3. The fourth-order valence-electron chi connectivity index (χ4n) is 3.94. The minimum absolute atomic E-state index is 0.111. The van der Waals surface area contributed by atoms with Crippen molar-refractivity contribution in [2.75, 3.05) is 32.2 Å². The highest BCUT2D eigenvalue weighted by molar-refractivity contribution is 7.92. The van der Waals surface area contributed by atoms with Crippen LogP contribution in [0.2, 0.25) is 0 Å². The number of sulfonamides is 1. The number of ether oxygens (including phenoxy) is 3. The van der Waals surface area contributed by atoms with Crippen molar-refractivity contribution in [3.05, 3.63) is 77.6 Å². The van der Waals surface area contributed by atoms with Crippen molar-refractivity contribution >= 4 is 21.6 Å². The SMILES string of the molecule is CC[C@H](NC(=O)CN(c1ccc(F)cc1)S(=O)(=O)c1ccc(OC)c(OC)c1)c1ccc(OC)c(C)c1. The summed E-state index contributed by atoms with van der Waals surface area (Å²) in [4.78, 5) is 13.1. The first-order chi connectivity index (χ1) is 17.6. The molecule has 1 amide bonds. The molecule has 37 heavy (non-hydrogen) atoms. The van der Waals surface area contributed by atoms with E-state index >= 15 is 0 Å². The predicted molar refractivity (Wildman–Crippen MR) is 139 cm³/mol. The summed E-state index contributed by atoms with van der Waals surface area (Å²) >= 11 is 0. The number of carbonyl (C=O) groups excluding carboxylic acids is 1. The van der Waals surface area contributed by atoms with Gasteiger partial charge in [0, 0.05) is 6.07 Å². The van der Waals surface area contributed by atoms with E-state index in [4.69, 9.17) is 14.2 Å². The Bertz CT molecular complexity index is 1350. The lowest BCUT2D eigenvalue weighted by Gasteiger charge is -2.26. The average molecular weight is 531 g/mol. The van der Waals surface area contributed by atoms with Gasteiger partial charge in [0.2, 0.25) is 5.91 Å². The van der Waals surface area contributed by atoms with Crippen molar-refractivity contribution in [3.8, 4) is 17.2 Å². The van der Waals surface area contributed by atoms with Crippen LogP contribution in [-0.2, 0) is 14.8 Å². The summed E-state index contributed by atoms with van der Waals surface area (Å²) in [5.74, 6) is 0.251. The Kier molecular flexibility index (Phi) is 8.99. The standard InChI is InChI=1S/C27H31FN2O6S/c1-6-23(19-7-13-24(34-3)18(2)15-19)29-27(31)17-30(21-10-8-20(28)9-11-21)37(32,33)22-12-14-25(35-4)26(16-22)36-5/h7-16,23H,6,17H2,1-5H3,(H,29,31)/t23-/m0/s1. The number of amides is 1. The van der Waals surface area contributed by atoms with Gasteiger partial charge in [-0.3, -0.25) is 9.10 Å². The van der Waals surface area contributed by atoms with E-state index in [9.17, 15) is 17.6 Å². The van der Waals surface area contributed by atoms with Crippen LogP contribution in [0.25, 0.3) is 0 Å². The van der Waals surface area contributed by atoms with Crippen LogP contribution in [0.3, 0.4) is 0 Å². The number of hydrogen-bond acceptors (Lipinski definition) is 6. The van der Waals surface area contributed by atoms with Gasteiger partial charge in [-0.25, -0.2) is 12.8 Å². The van der Waals surface area contributed by atoms with Crippen LogP contribution >= 0.6 is 0 Å². The maximum absolute atomic E-state index is 13.7. The van der Waals surface area contributed by atoms with Crippen LogP contribution in [0.15, 0.2) is 65.6 Å². The molecule has 0 heterocycles. The Balaban J connectivity index is 1.94. The molecule has 10 heteroatoms. The maximum atomic E-state index is 13.7. The summed E-state index contributed by atoms with van der Waals surface area (Å²) < 4.78 is 57.7. The second-order valence-corrected chi connectivity index (χ2v) is 10.1. The molecule has 0 saturated heterocycles. The summed E-state index contributed by atoms with van der Waals surface area (Å²) in [5, 5.41) is 2.92. The molecule has 0 fully saturated rings. The Morgan fingerprint density at radius 1 is 0.919 bits per heavy atom. The summed E-state index contributed by atoms with van der Waals surface area (Å²) in [5.41, 5.74) is 1.92. The van der Waals surface area contributed by atoms with Crippen LogP contribution in [0, 0.1) is 12.7 Å². The Labute approximate surface area is 217 Å². The average Bonchev–Trinajstić information content (AvgIpc) is 2.90. The highest BCUT2D eigenvalue weighted by Gasteiger charge is 2.29. The molecular weight excluding hydrogens is 499 g/mol. The van der Waals surface area contributed by atoms with E-state index in [2.05, 4.69) is 5.32 Å². The lowest BCUT2D eigenvalue weighted by molar-refractivity contribution is -0.120. The summed E-state index contributed by atoms with van der Waals surface area (Å²) in [6.07, 6.45) is 0.580. The number of methoxy groups -OCH3 is 3. The van der Waals surface area contributed by atoms with Gasteiger partial charge in [0.15, 0.2) is 11.5 Å². The molecule has 0 unspecified atom stereocenters. The molecule has 0 aromatic heterocycles. The number of aryl methyl sites for hydroxylation is 1. The van der Waals surface area contributed by atoms with Crippen LogP contribution < -0.4 is 23.8 Å². The maximum Gasteiger partial charge on any atom is 0.264 e. The quantitative estimate of drug-likeness (QED) is 0.389. The van der Waals surface area contributed by atoms with E-state index in [0.717, 1.165) is 33.3 Å². The van der Waals surface area contributed by atoms with Gasteiger partial charge < -0.3 is 19.5 Å². The van der Waals surface area contributed by atoms with Crippen molar-refractivity contribution in [1.82, 2.24) is 5.32 Å². The zero-order valence-electron chi connectivity index (χ0n) is 21.4. The van der Waals surface area contributed by atoms with Crippen molar-refractivity contribution in [3.63, 3.8) is 0 Å². The number of carbonyl (C=O) groups is 1. The molecule has 1 N–H and O–H groups in total. The van der Waals surface area contributed by atoms with E-state index in [1.807, 2.05) is 32.0 Å². The van der Waals surface area contributed by atoms with E-state index in [-0.39, 0.29) is 22.4 Å². The minimum Gasteiger partial charge on any atom is -0.496 e. The number of benzene rings is 3. The molecule has 1 atom stereocenters. The van der Waals surface area contributed by atoms with Crippen LogP contribution in [0.4, 0.5) is 10.1 Å². The molecule has 0 aliphatic heterocycles. The van der Waals surface area contributed by atoms with Crippen LogP contribution in [-0.4, -0.2) is 42.2 Å². The summed E-state index contributed by atoms with van der Waals surface area (Å²) in [6.45, 7) is 3.30. The zero-order valence-corrected chi connectivity index (χ0v) is 22.3. The van der Waals surface area contributed by atoms with Gasteiger partial charge in [0.1, 0.15) is 18.1 Å². The molecule has 0 aliphatic carbocycles. The third-order valence-corrected chi connectivity index (χ3v) is 7.68. The van der Waals surface area contributed by atoms with Gasteiger partial charge in [-0.2, -0.15) is 0 Å². The number of rotatable bonds is 11. The van der Waals surface area contributed by atoms with E-state index in [1.165, 1.54) is 44.6 Å². The first-order valence-electron chi connectivity index (χ1n) is 11.6. The van der Waals surface area contributed by atoms with E-state index < -0.39 is 28.3 Å². The lowest BCUT2D eigenvalue weighted by atomic mass is 10.0. The predicted octanol–water partition coefficient (Wildman–Crippen LogP) is 4.62. The topological polar surface area (TPSA) is 94.2 Å². The lowest BCUT2D eigenvalue weighted by Crippen LogP contribution is -2.42. The highest BCUT2D eigenvalue weighted by Crippen LogP contribution is 2.32. The Hall–Kier alpha value is -3.79. The molecule has 0 aliphatic rings. The van der Waals surface area contributed by atoms with Gasteiger partial charge in [-0.05, 0) is 66.9 Å². The Morgan fingerprint density at radius 2 is 1.54 bits per heavy atom. The first-order valence-corrected chi connectivity index (χ1v) is 13.0. The smallest absolute Gasteiger partial charge is 0.264 e. The number of halogens is 1. The fourth-order valence-corrected chi connectivity index (χ4v) is 5.37. The fraction of sp³-hybridized carbons (Fsp3) is 0.296. The number of hydrogen-bond donors (Lipinski definition) is 1. The molecule has 0 bridgehead atoms. The Morgan fingerprint density at radius 3 is 2.11 bits per heavy atom. The number of nitrogens with one attached hydrogen (secondary N) is 1. The molecule has 0 radical (unpaired) electrons. The molecule has 198 valence electrons. The van der Waals surface area contributed by atoms with Crippen molar-refractivity contribution in [2.45, 2.75) is 31.2 Å². The van der Waals surface area contributed by atoms with Crippen molar-refractivity contribution in [1.29, 1.82) is 0 Å². The third-order valence-electron chi connectivity index (χ3n) is 5.91. The van der Waals surface area contributed by atoms with E-state index in [1.54, 1.807) is 7.11 Å². The highest BCUT2D eigenvalue weighted by atomic mass is 32.2. The summed E-state index contributed by atoms with van der Waals surface area (Å²) in [7, 11) is 0.177. The molecule has 3 rings (SSSR count). The molecule has 8 nitrogen and oxygen atoms in total. The largest absolute Gasteiger partial charge is 0.496 e. The van der Waals surface area contributed by atoms with Gasteiger partial charge in [0.25, 0.3) is 10.0 Å². The normalized spacial score (nSPS) is 11.9. The van der Waals surface area contributed by atoms with Crippen molar-refractivity contribution in [2.24, 2.45) is 0 Å². The first kappa shape index (κ1) is 27.8. The van der Waals surface area contributed by atoms with Gasteiger partial charge >= 0.3 is 0 Å². The number of nitrogens with zero attached hydrogens (tertiary/aromatic N) is 1. The van der Waals surface area contributed by atoms with Gasteiger partial charge in [-0.15, -0.1) is 0 Å². The number of anilines is 1.